The van der Waals surface area contributed by atoms with Crippen LogP contribution in [0.2, 0.25) is 0 Å². The molecule has 0 aliphatic carbocycles. The number of anilines is 1. The molecule has 0 saturated carbocycles. The van der Waals surface area contributed by atoms with E-state index in [1.165, 1.54) is 0 Å². The maximum Gasteiger partial charge on any atom is 0.227 e. The second-order valence-corrected chi connectivity index (χ2v) is 6.72. The van der Waals surface area contributed by atoms with Gasteiger partial charge in [0, 0.05) is 58.1 Å². The summed E-state index contributed by atoms with van der Waals surface area (Å²) in [6, 6.07) is 4.27. The number of rotatable bonds is 6. The number of nitrogens with one attached hydrogen (secondary N) is 1. The van der Waals surface area contributed by atoms with Gasteiger partial charge in [-0.1, -0.05) is 0 Å². The highest BCUT2D eigenvalue weighted by Gasteiger charge is 2.37. The molecule has 0 radical (unpaired) electrons. The molecule has 7 nitrogen and oxygen atoms in total. The summed E-state index contributed by atoms with van der Waals surface area (Å²) in [7, 11) is 1.62. The second kappa shape index (κ2) is 8.29. The number of hydrogen-bond donors (Lipinski definition) is 1. The quantitative estimate of drug-likeness (QED) is 0.831. The molecule has 1 atom stereocenters. The van der Waals surface area contributed by atoms with Crippen molar-refractivity contribution in [3.8, 4) is 0 Å². The van der Waals surface area contributed by atoms with Crippen LogP contribution in [0.5, 0.6) is 0 Å². The molecule has 0 bridgehead atoms. The molecule has 2 aliphatic rings. The summed E-state index contributed by atoms with van der Waals surface area (Å²) in [6.07, 6.45) is 5.72. The second-order valence-electron chi connectivity index (χ2n) is 6.72. The molecular weight excluding hydrogens is 320 g/mol. The van der Waals surface area contributed by atoms with Crippen molar-refractivity contribution in [2.45, 2.75) is 25.3 Å². The Balaban J connectivity index is 1.46. The van der Waals surface area contributed by atoms with E-state index in [-0.39, 0.29) is 17.7 Å². The Bertz CT molecular complexity index is 587. The third-order valence-electron chi connectivity index (χ3n) is 4.97. The summed E-state index contributed by atoms with van der Waals surface area (Å²) in [4.78, 5) is 32.5. The van der Waals surface area contributed by atoms with Crippen LogP contribution >= 0.6 is 0 Å². The van der Waals surface area contributed by atoms with Crippen LogP contribution in [0.3, 0.4) is 0 Å². The van der Waals surface area contributed by atoms with Crippen molar-refractivity contribution in [3.63, 3.8) is 0 Å². The van der Waals surface area contributed by atoms with E-state index in [0.717, 1.165) is 31.6 Å². The topological polar surface area (TPSA) is 74.8 Å². The van der Waals surface area contributed by atoms with Gasteiger partial charge in [0.1, 0.15) is 0 Å². The molecule has 136 valence electrons. The Morgan fingerprint density at radius 1 is 1.40 bits per heavy atom. The molecule has 2 fully saturated rings. The fourth-order valence-electron chi connectivity index (χ4n) is 3.54. The van der Waals surface area contributed by atoms with E-state index in [2.05, 4.69) is 10.3 Å². The average molecular weight is 346 g/mol. The fraction of sp³-hybridized carbons (Fsp3) is 0.611. The lowest BCUT2D eigenvalue weighted by atomic mass is 10.0. The molecule has 7 heteroatoms. The number of amides is 2. The minimum absolute atomic E-state index is 0.0588. The molecule has 3 heterocycles. The first-order valence-corrected chi connectivity index (χ1v) is 8.89. The van der Waals surface area contributed by atoms with Gasteiger partial charge in [0.25, 0.3) is 0 Å². The van der Waals surface area contributed by atoms with E-state index in [0.29, 0.717) is 32.2 Å². The van der Waals surface area contributed by atoms with E-state index in [1.54, 1.807) is 18.2 Å². The summed E-state index contributed by atoms with van der Waals surface area (Å²) < 4.78 is 5.02. The van der Waals surface area contributed by atoms with E-state index >= 15 is 0 Å². The Kier molecular flexibility index (Phi) is 5.86. The number of nitrogens with zero attached hydrogens (tertiary/aromatic N) is 3. The van der Waals surface area contributed by atoms with Crippen LogP contribution in [0, 0.1) is 5.92 Å². The minimum Gasteiger partial charge on any atom is -0.383 e. The molecule has 1 aromatic rings. The van der Waals surface area contributed by atoms with Crippen LogP contribution in [0.25, 0.3) is 0 Å². The van der Waals surface area contributed by atoms with Crippen molar-refractivity contribution in [2.75, 3.05) is 45.2 Å². The Labute approximate surface area is 148 Å². The van der Waals surface area contributed by atoms with Crippen molar-refractivity contribution in [1.29, 1.82) is 0 Å². The third-order valence-corrected chi connectivity index (χ3v) is 4.97. The van der Waals surface area contributed by atoms with E-state index in [1.807, 2.05) is 23.2 Å². The van der Waals surface area contributed by atoms with Gasteiger partial charge in [0.2, 0.25) is 11.8 Å². The van der Waals surface area contributed by atoms with Crippen molar-refractivity contribution in [2.24, 2.45) is 5.92 Å². The zero-order valence-corrected chi connectivity index (χ0v) is 14.7. The highest BCUT2D eigenvalue weighted by Crippen LogP contribution is 2.23. The number of ether oxygens (including phenoxy) is 1. The number of pyridine rings is 1. The summed E-state index contributed by atoms with van der Waals surface area (Å²) in [6.45, 7) is 3.07. The Morgan fingerprint density at radius 2 is 2.20 bits per heavy atom. The lowest BCUT2D eigenvalue weighted by Crippen LogP contribution is -2.45. The summed E-state index contributed by atoms with van der Waals surface area (Å²) in [5, 5.41) is 3.47. The third kappa shape index (κ3) is 4.48. The normalized spacial score (nSPS) is 21.6. The van der Waals surface area contributed by atoms with Crippen LogP contribution in [-0.4, -0.2) is 72.5 Å². The van der Waals surface area contributed by atoms with Crippen LogP contribution in [0.15, 0.2) is 24.5 Å². The van der Waals surface area contributed by atoms with Gasteiger partial charge < -0.3 is 19.9 Å². The van der Waals surface area contributed by atoms with E-state index in [4.69, 9.17) is 4.74 Å². The first kappa shape index (κ1) is 17.7. The summed E-state index contributed by atoms with van der Waals surface area (Å²) >= 11 is 0. The largest absolute Gasteiger partial charge is 0.383 e. The van der Waals surface area contributed by atoms with Crippen LogP contribution in [0.4, 0.5) is 5.69 Å². The zero-order chi connectivity index (χ0) is 17.6. The molecule has 2 saturated heterocycles. The number of piperidine rings is 1. The van der Waals surface area contributed by atoms with Gasteiger partial charge in [-0.3, -0.25) is 14.6 Å². The van der Waals surface area contributed by atoms with Crippen molar-refractivity contribution in [1.82, 2.24) is 14.8 Å². The molecule has 1 unspecified atom stereocenters. The Hall–Kier alpha value is -2.15. The Morgan fingerprint density at radius 3 is 2.88 bits per heavy atom. The summed E-state index contributed by atoms with van der Waals surface area (Å²) in [5.74, 6) is -0.0242. The molecule has 3 rings (SSSR count). The average Bonchev–Trinajstić information content (AvgIpc) is 3.01. The number of methoxy groups -OCH3 is 1. The molecule has 0 aromatic carbocycles. The van der Waals surface area contributed by atoms with E-state index < -0.39 is 0 Å². The number of hydrogen-bond acceptors (Lipinski definition) is 5. The molecule has 1 N–H and O–H groups in total. The van der Waals surface area contributed by atoms with Gasteiger partial charge >= 0.3 is 0 Å². The van der Waals surface area contributed by atoms with Gasteiger partial charge in [-0.25, -0.2) is 0 Å². The van der Waals surface area contributed by atoms with Gasteiger partial charge in [-0.15, -0.1) is 0 Å². The molecule has 25 heavy (non-hydrogen) atoms. The lowest BCUT2D eigenvalue weighted by molar-refractivity contribution is -0.136. The minimum atomic E-state index is -0.202. The number of carbonyl (C=O) groups excluding carboxylic acids is 2. The number of carbonyl (C=O) groups is 2. The van der Waals surface area contributed by atoms with Crippen molar-refractivity contribution < 1.29 is 14.3 Å². The fourth-order valence-corrected chi connectivity index (χ4v) is 3.54. The highest BCUT2D eigenvalue weighted by molar-refractivity contribution is 5.89. The van der Waals surface area contributed by atoms with Crippen LogP contribution in [0.1, 0.15) is 19.3 Å². The highest BCUT2D eigenvalue weighted by atomic mass is 16.5. The van der Waals surface area contributed by atoms with E-state index in [9.17, 15) is 9.59 Å². The molecule has 0 spiro atoms. The van der Waals surface area contributed by atoms with Crippen molar-refractivity contribution in [3.05, 3.63) is 24.5 Å². The van der Waals surface area contributed by atoms with Crippen molar-refractivity contribution >= 4 is 17.5 Å². The predicted octanol–water partition coefficient (Wildman–Crippen LogP) is 0.979. The molecule has 2 aliphatic heterocycles. The first-order chi connectivity index (χ1) is 12.2. The first-order valence-electron chi connectivity index (χ1n) is 8.89. The standard InChI is InChI=1S/C18H26N4O3/c1-25-10-9-22-13-14(11-17(22)23)18(24)21-7-4-15(5-8-21)20-16-3-2-6-19-12-16/h2-3,6,12,14-15,20H,4-5,7-11,13H2,1H3. The predicted molar refractivity (Wildman–Crippen MR) is 94.0 cm³/mol. The van der Waals surface area contributed by atoms with Gasteiger partial charge in [-0.2, -0.15) is 0 Å². The van der Waals surface area contributed by atoms with Gasteiger partial charge in [-0.05, 0) is 25.0 Å². The molecule has 2 amide bonds. The SMILES string of the molecule is COCCN1CC(C(=O)N2CCC(Nc3cccnc3)CC2)CC1=O. The van der Waals surface area contributed by atoms with Gasteiger partial charge in [0.15, 0.2) is 0 Å². The van der Waals surface area contributed by atoms with Crippen LogP contribution < -0.4 is 5.32 Å². The molecular formula is C18H26N4O3. The van der Waals surface area contributed by atoms with Gasteiger partial charge in [0.05, 0.1) is 18.2 Å². The van der Waals surface area contributed by atoms with Crippen LogP contribution in [-0.2, 0) is 14.3 Å². The maximum atomic E-state index is 12.7. The lowest BCUT2D eigenvalue weighted by Gasteiger charge is -2.34. The zero-order valence-electron chi connectivity index (χ0n) is 14.7. The number of likely N-dealkylation sites (tertiary alicyclic amines) is 2. The molecule has 1 aromatic heterocycles. The maximum absolute atomic E-state index is 12.7. The monoisotopic (exact) mass is 346 g/mol. The number of aromatic nitrogens is 1. The smallest absolute Gasteiger partial charge is 0.227 e. The summed E-state index contributed by atoms with van der Waals surface area (Å²) in [5.41, 5.74) is 1.02.